The van der Waals surface area contributed by atoms with Gasteiger partial charge in [-0.25, -0.2) is 9.59 Å². The monoisotopic (exact) mass is 655 g/mol. The van der Waals surface area contributed by atoms with Gasteiger partial charge in [0.2, 0.25) is 14.1 Å². The zero-order chi connectivity index (χ0) is 32.7. The molecule has 0 aliphatic carbocycles. The highest BCUT2D eigenvalue weighted by Gasteiger charge is 2.41. The van der Waals surface area contributed by atoms with E-state index in [1.54, 1.807) is 6.92 Å². The van der Waals surface area contributed by atoms with Gasteiger partial charge in [-0.3, -0.25) is 0 Å². The van der Waals surface area contributed by atoms with Crippen LogP contribution in [0.5, 0.6) is 0 Å². The molecule has 16 heteroatoms. The Balaban J connectivity index is 0.000000646. The molecule has 2 rings (SSSR count). The summed E-state index contributed by atoms with van der Waals surface area (Å²) in [5.41, 5.74) is 0.449. The SMILES string of the molecule is CC1=C(O[Si](C)(C)C)C(C(O)CO[Si](C)(C)C)OC1=O.C[Si](C)(C)N[Si](C)(C)C.O=C1OC(C(O)CO)C(O)=C1O. The van der Waals surface area contributed by atoms with Gasteiger partial charge in [-0.15, -0.1) is 0 Å². The van der Waals surface area contributed by atoms with Crippen molar-refractivity contribution in [1.29, 1.82) is 0 Å². The van der Waals surface area contributed by atoms with E-state index in [4.69, 9.17) is 34.0 Å². The Kier molecular flexibility index (Phi) is 14.7. The summed E-state index contributed by atoms with van der Waals surface area (Å²) >= 11 is 0. The molecular weight excluding hydrogens is 603 g/mol. The van der Waals surface area contributed by atoms with Gasteiger partial charge in [0.1, 0.15) is 34.4 Å². The second-order valence-electron chi connectivity index (χ2n) is 14.0. The van der Waals surface area contributed by atoms with Crippen molar-refractivity contribution in [3.8, 4) is 0 Å². The van der Waals surface area contributed by atoms with E-state index in [0.29, 0.717) is 11.3 Å². The number of hydrogen-bond donors (Lipinski definition) is 6. The first kappa shape index (κ1) is 39.5. The maximum atomic E-state index is 11.7. The largest absolute Gasteiger partial charge is 0.544 e. The lowest BCUT2D eigenvalue weighted by Gasteiger charge is -2.28. The molecule has 0 amide bonds. The number of rotatable bonds is 10. The Bertz CT molecular complexity index is 949. The van der Waals surface area contributed by atoms with E-state index in [1.165, 1.54) is 0 Å². The van der Waals surface area contributed by atoms with Crippen molar-refractivity contribution in [1.82, 2.24) is 4.65 Å². The molecule has 0 spiro atoms. The van der Waals surface area contributed by atoms with Crippen LogP contribution in [0.15, 0.2) is 22.9 Å². The highest BCUT2D eigenvalue weighted by molar-refractivity contribution is 6.90. The molecule has 4 atom stereocenters. The van der Waals surface area contributed by atoms with Crippen molar-refractivity contribution in [2.24, 2.45) is 0 Å². The fourth-order valence-corrected chi connectivity index (χ4v) is 14.3. The Morgan fingerprint density at radius 2 is 1.24 bits per heavy atom. The predicted molar refractivity (Wildman–Crippen MR) is 167 cm³/mol. The van der Waals surface area contributed by atoms with Gasteiger partial charge in [-0.05, 0) is 46.2 Å². The highest BCUT2D eigenvalue weighted by Crippen LogP contribution is 2.29. The summed E-state index contributed by atoms with van der Waals surface area (Å²) in [6.07, 6.45) is -4.42. The Labute approximate surface area is 248 Å². The second-order valence-corrected chi connectivity index (χ2v) is 32.9. The van der Waals surface area contributed by atoms with Gasteiger partial charge in [0, 0.05) is 0 Å². The molecule has 0 aromatic heterocycles. The molecule has 12 nitrogen and oxygen atoms in total. The molecule has 41 heavy (non-hydrogen) atoms. The number of aliphatic hydroxyl groups excluding tert-OH is 5. The zero-order valence-electron chi connectivity index (χ0n) is 26.9. The van der Waals surface area contributed by atoms with E-state index in [2.05, 4.69) is 48.7 Å². The molecule has 6 N–H and O–H groups in total. The predicted octanol–water partition coefficient (Wildman–Crippen LogP) is 3.09. The van der Waals surface area contributed by atoms with Gasteiger partial charge >= 0.3 is 11.9 Å². The molecule has 2 heterocycles. The topological polar surface area (TPSA) is 184 Å². The summed E-state index contributed by atoms with van der Waals surface area (Å²) in [5, 5.41) is 45.3. The van der Waals surface area contributed by atoms with Crippen molar-refractivity contribution >= 4 is 45.0 Å². The maximum Gasteiger partial charge on any atom is 0.377 e. The molecule has 240 valence electrons. The van der Waals surface area contributed by atoms with Crippen molar-refractivity contribution < 1.29 is 53.4 Å². The Morgan fingerprint density at radius 3 is 1.56 bits per heavy atom. The Hall–Kier alpha value is -1.51. The van der Waals surface area contributed by atoms with Gasteiger partial charge in [0.25, 0.3) is 0 Å². The zero-order valence-corrected chi connectivity index (χ0v) is 30.9. The van der Waals surface area contributed by atoms with E-state index in [9.17, 15) is 14.7 Å². The number of carbonyl (C=O) groups excluding carboxylic acids is 2. The van der Waals surface area contributed by atoms with Gasteiger partial charge in [-0.1, -0.05) is 39.3 Å². The highest BCUT2D eigenvalue weighted by atomic mass is 28.4. The van der Waals surface area contributed by atoms with Crippen LogP contribution in [0, 0.1) is 0 Å². The lowest BCUT2D eigenvalue weighted by atomic mass is 10.1. The molecule has 0 bridgehead atoms. The van der Waals surface area contributed by atoms with Crippen molar-refractivity contribution in [3.05, 3.63) is 22.9 Å². The first-order valence-electron chi connectivity index (χ1n) is 13.5. The summed E-state index contributed by atoms with van der Waals surface area (Å²) in [5.74, 6) is -2.73. The third-order valence-electron chi connectivity index (χ3n) is 4.85. The minimum Gasteiger partial charge on any atom is -0.544 e. The second kappa shape index (κ2) is 15.3. The van der Waals surface area contributed by atoms with Crippen LogP contribution in [-0.4, -0.2) is 108 Å². The third-order valence-corrected chi connectivity index (χ3v) is 12.7. The standard InChI is InChI=1S/C13H26O5Si2.C6H19NSi2.C6H8O6/c1-9-11(18-20(5,6)7)12(17-13(9)15)10(14)8-16-19(2,3)4;1-8(2,3)7-9(4,5)6;7-1-2(8)5-3(9)4(10)6(11)12-5/h10,12,14H,8H2,1-7H3;7H,1-6H3;2,5,7-10H,1H2. The lowest BCUT2D eigenvalue weighted by Crippen LogP contribution is -2.55. The molecular formula is C25H53NO11Si4. The van der Waals surface area contributed by atoms with Crippen LogP contribution in [0.1, 0.15) is 6.92 Å². The molecule has 0 radical (unpaired) electrons. The summed E-state index contributed by atoms with van der Waals surface area (Å²) in [7, 11) is -5.56. The minimum atomic E-state index is -1.87. The van der Waals surface area contributed by atoms with Gasteiger partial charge < -0.3 is 48.5 Å². The number of aliphatic hydroxyl groups is 5. The summed E-state index contributed by atoms with van der Waals surface area (Å²) in [4.78, 5) is 22.2. The van der Waals surface area contributed by atoms with Crippen LogP contribution < -0.4 is 4.65 Å². The summed E-state index contributed by atoms with van der Waals surface area (Å²) < 4.78 is 24.9. The van der Waals surface area contributed by atoms with Gasteiger partial charge in [0.05, 0.1) is 18.8 Å². The smallest absolute Gasteiger partial charge is 0.377 e. The van der Waals surface area contributed by atoms with Crippen LogP contribution in [0.2, 0.25) is 78.6 Å². The van der Waals surface area contributed by atoms with E-state index < -0.39 is 87.6 Å². The molecule has 0 aromatic rings. The molecule has 0 saturated heterocycles. The number of cyclic esters (lactones) is 2. The normalized spacial score (nSPS) is 21.4. The average molecular weight is 656 g/mol. The van der Waals surface area contributed by atoms with Crippen LogP contribution in [0.25, 0.3) is 0 Å². The van der Waals surface area contributed by atoms with E-state index >= 15 is 0 Å². The summed E-state index contributed by atoms with van der Waals surface area (Å²) in [6.45, 7) is 27.5. The molecule has 2 aliphatic heterocycles. The van der Waals surface area contributed by atoms with Crippen LogP contribution in [-0.2, 0) is 27.9 Å². The van der Waals surface area contributed by atoms with E-state index in [1.807, 2.05) is 39.3 Å². The molecule has 4 unspecified atom stereocenters. The van der Waals surface area contributed by atoms with Crippen molar-refractivity contribution in [2.45, 2.75) is 110 Å². The number of nitrogens with one attached hydrogen (secondary N) is 1. The fraction of sp³-hybridized carbons (Fsp3) is 0.760. The van der Waals surface area contributed by atoms with E-state index in [0.717, 1.165) is 0 Å². The Morgan fingerprint density at radius 1 is 0.780 bits per heavy atom. The van der Waals surface area contributed by atoms with E-state index in [-0.39, 0.29) is 6.61 Å². The average Bonchev–Trinajstić information content (AvgIpc) is 3.18. The maximum absolute atomic E-state index is 11.7. The first-order chi connectivity index (χ1) is 18.2. The molecule has 0 aromatic carbocycles. The number of ether oxygens (including phenoxy) is 2. The lowest BCUT2D eigenvalue weighted by molar-refractivity contribution is -0.148. The minimum absolute atomic E-state index is 0.152. The van der Waals surface area contributed by atoms with Crippen molar-refractivity contribution in [3.63, 3.8) is 0 Å². The summed E-state index contributed by atoms with van der Waals surface area (Å²) in [6, 6.07) is 0. The van der Waals surface area contributed by atoms with Crippen molar-refractivity contribution in [2.75, 3.05) is 13.2 Å². The molecule has 0 fully saturated rings. The third kappa shape index (κ3) is 15.5. The number of carbonyl (C=O) groups is 2. The fourth-order valence-electron chi connectivity index (χ4n) is 3.66. The van der Waals surface area contributed by atoms with Crippen LogP contribution >= 0.6 is 0 Å². The van der Waals surface area contributed by atoms with Gasteiger partial charge in [-0.2, -0.15) is 0 Å². The number of hydrogen-bond acceptors (Lipinski definition) is 12. The van der Waals surface area contributed by atoms with Crippen LogP contribution in [0.3, 0.4) is 0 Å². The molecule has 2 aliphatic rings. The molecule has 0 saturated carbocycles. The quantitative estimate of drug-likeness (QED) is 0.150. The first-order valence-corrected chi connectivity index (χ1v) is 27.3. The number of esters is 2. The van der Waals surface area contributed by atoms with Crippen LogP contribution in [0.4, 0.5) is 0 Å². The van der Waals surface area contributed by atoms with Gasteiger partial charge in [0.15, 0.2) is 26.3 Å².